The van der Waals surface area contributed by atoms with Gasteiger partial charge in [0.15, 0.2) is 5.92 Å². The van der Waals surface area contributed by atoms with Crippen LogP contribution in [0.3, 0.4) is 0 Å². The van der Waals surface area contributed by atoms with Crippen LogP contribution in [-0.4, -0.2) is 35.1 Å². The Labute approximate surface area is 151 Å². The summed E-state index contributed by atoms with van der Waals surface area (Å²) in [6, 6.07) is 16.8. The average molecular weight is 349 g/mol. The topological polar surface area (TPSA) is 64.4 Å². The number of aromatic nitrogens is 2. The summed E-state index contributed by atoms with van der Waals surface area (Å²) in [5, 5.41) is 0. The van der Waals surface area contributed by atoms with Crippen LogP contribution >= 0.6 is 0 Å². The van der Waals surface area contributed by atoms with Crippen LogP contribution in [-0.2, 0) is 14.3 Å². The van der Waals surface area contributed by atoms with Crippen molar-refractivity contribution in [1.82, 2.24) is 9.55 Å². The van der Waals surface area contributed by atoms with Gasteiger partial charge < -0.3 is 9.30 Å². The number of benzene rings is 2. The molecule has 26 heavy (non-hydrogen) atoms. The Kier molecular flexibility index (Phi) is 3.95. The second-order valence-corrected chi connectivity index (χ2v) is 6.25. The number of anilines is 1. The number of rotatable bonds is 3. The third-order valence-electron chi connectivity index (χ3n) is 4.75. The molecule has 2 heterocycles. The van der Waals surface area contributed by atoms with Gasteiger partial charge in [-0.2, -0.15) is 0 Å². The first-order chi connectivity index (χ1) is 12.6. The zero-order valence-corrected chi connectivity index (χ0v) is 14.6. The summed E-state index contributed by atoms with van der Waals surface area (Å²) < 4.78 is 7.20. The highest BCUT2D eigenvalue weighted by atomic mass is 16.5. The van der Waals surface area contributed by atoms with E-state index in [0.717, 1.165) is 16.6 Å². The van der Waals surface area contributed by atoms with Gasteiger partial charge in [-0.25, -0.2) is 4.98 Å². The fourth-order valence-corrected chi connectivity index (χ4v) is 3.59. The molecular weight excluding hydrogens is 330 g/mol. The molecule has 1 aliphatic heterocycles. The monoisotopic (exact) mass is 349 g/mol. The number of para-hydroxylation sites is 2. The number of nitrogens with zero attached hydrogens (tertiary/aromatic N) is 3. The van der Waals surface area contributed by atoms with Crippen molar-refractivity contribution in [3.8, 4) is 0 Å². The number of amides is 1. The number of hydrogen-bond acceptors (Lipinski definition) is 4. The third kappa shape index (κ3) is 2.37. The summed E-state index contributed by atoms with van der Waals surface area (Å²) in [4.78, 5) is 31.8. The molecule has 0 N–H and O–H groups in total. The van der Waals surface area contributed by atoms with Crippen LogP contribution in [0.1, 0.15) is 18.5 Å². The summed E-state index contributed by atoms with van der Waals surface area (Å²) in [5.74, 6) is -1.24. The maximum atomic E-state index is 13.0. The number of fused-ring (bicyclic) bond motifs is 3. The molecule has 132 valence electrons. The van der Waals surface area contributed by atoms with Crippen LogP contribution in [0.2, 0.25) is 0 Å². The zero-order chi connectivity index (χ0) is 18.3. The van der Waals surface area contributed by atoms with Gasteiger partial charge in [0.25, 0.3) is 0 Å². The van der Waals surface area contributed by atoms with Gasteiger partial charge in [-0.05, 0) is 24.6 Å². The lowest BCUT2D eigenvalue weighted by atomic mass is 9.89. The van der Waals surface area contributed by atoms with E-state index in [0.29, 0.717) is 5.95 Å². The minimum atomic E-state index is -0.951. The first kappa shape index (κ1) is 16.3. The van der Waals surface area contributed by atoms with E-state index in [2.05, 4.69) is 4.98 Å². The first-order valence-corrected chi connectivity index (χ1v) is 8.59. The molecule has 3 aromatic rings. The standard InChI is InChI=1S/C20H19N3O3/c1-3-26-19(25)16-17(13-9-5-4-6-10-13)23-15-12-8-7-11-14(15)21-20(23)22(2)18(16)24/h4-12,16-17H,3H2,1-2H3/t16-,17-/m0/s1. The summed E-state index contributed by atoms with van der Waals surface area (Å²) >= 11 is 0. The number of hydrogen-bond donors (Lipinski definition) is 0. The Morgan fingerprint density at radius 2 is 1.81 bits per heavy atom. The fraction of sp³-hybridized carbons (Fsp3) is 0.250. The lowest BCUT2D eigenvalue weighted by Gasteiger charge is -2.36. The quantitative estimate of drug-likeness (QED) is 0.539. The van der Waals surface area contributed by atoms with Crippen molar-refractivity contribution < 1.29 is 14.3 Å². The molecule has 2 aromatic carbocycles. The van der Waals surface area contributed by atoms with Crippen LogP contribution in [0.5, 0.6) is 0 Å². The molecule has 1 aromatic heterocycles. The molecule has 0 aliphatic carbocycles. The number of esters is 1. The molecule has 0 spiro atoms. The van der Waals surface area contributed by atoms with Crippen LogP contribution in [0, 0.1) is 5.92 Å². The SMILES string of the molecule is CCOC(=O)[C@@H]1C(=O)N(C)c2nc3ccccc3n2[C@H]1c1ccccc1. The van der Waals surface area contributed by atoms with E-state index in [9.17, 15) is 9.59 Å². The lowest BCUT2D eigenvalue weighted by molar-refractivity contribution is -0.153. The van der Waals surface area contributed by atoms with Gasteiger partial charge in [0, 0.05) is 7.05 Å². The van der Waals surface area contributed by atoms with Crippen molar-refractivity contribution in [2.45, 2.75) is 13.0 Å². The molecule has 0 fully saturated rings. The highest BCUT2D eigenvalue weighted by Crippen LogP contribution is 2.40. The molecule has 0 unspecified atom stereocenters. The Morgan fingerprint density at radius 3 is 2.54 bits per heavy atom. The zero-order valence-electron chi connectivity index (χ0n) is 14.6. The van der Waals surface area contributed by atoms with Gasteiger partial charge in [-0.15, -0.1) is 0 Å². The smallest absolute Gasteiger partial charge is 0.321 e. The van der Waals surface area contributed by atoms with Gasteiger partial charge in [-0.1, -0.05) is 42.5 Å². The predicted octanol–water partition coefficient (Wildman–Crippen LogP) is 2.78. The fourth-order valence-electron chi connectivity index (χ4n) is 3.59. The van der Waals surface area contributed by atoms with E-state index >= 15 is 0 Å². The normalized spacial score (nSPS) is 19.5. The van der Waals surface area contributed by atoms with Gasteiger partial charge in [0.2, 0.25) is 11.9 Å². The van der Waals surface area contributed by atoms with Gasteiger partial charge in [0.1, 0.15) is 0 Å². The van der Waals surface area contributed by atoms with Crippen LogP contribution < -0.4 is 4.90 Å². The lowest BCUT2D eigenvalue weighted by Crippen LogP contribution is -2.48. The maximum Gasteiger partial charge on any atom is 0.321 e. The number of carbonyl (C=O) groups is 2. The van der Waals surface area contributed by atoms with Gasteiger partial charge in [-0.3, -0.25) is 14.5 Å². The molecule has 1 amide bonds. The number of imidazole rings is 1. The average Bonchev–Trinajstić information content (AvgIpc) is 3.05. The highest BCUT2D eigenvalue weighted by Gasteiger charge is 2.46. The van der Waals surface area contributed by atoms with Crippen LogP contribution in [0.4, 0.5) is 5.95 Å². The molecule has 6 heteroatoms. The Bertz CT molecular complexity index is 980. The molecule has 1 aliphatic rings. The summed E-state index contributed by atoms with van der Waals surface area (Å²) in [5.41, 5.74) is 2.54. The van der Waals surface area contributed by atoms with E-state index in [1.54, 1.807) is 14.0 Å². The highest BCUT2D eigenvalue weighted by molar-refractivity contribution is 6.08. The van der Waals surface area contributed by atoms with Crippen molar-refractivity contribution in [2.24, 2.45) is 5.92 Å². The molecule has 4 rings (SSSR count). The van der Waals surface area contributed by atoms with Crippen molar-refractivity contribution in [3.63, 3.8) is 0 Å². The summed E-state index contributed by atoms with van der Waals surface area (Å²) in [6.07, 6.45) is 0. The van der Waals surface area contributed by atoms with Crippen molar-refractivity contribution in [1.29, 1.82) is 0 Å². The van der Waals surface area contributed by atoms with Crippen LogP contribution in [0.15, 0.2) is 54.6 Å². The minimum Gasteiger partial charge on any atom is -0.465 e. The van der Waals surface area contributed by atoms with Gasteiger partial charge >= 0.3 is 5.97 Å². The second kappa shape index (κ2) is 6.29. The molecule has 0 bridgehead atoms. The van der Waals surface area contributed by atoms with Crippen molar-refractivity contribution in [3.05, 3.63) is 60.2 Å². The van der Waals surface area contributed by atoms with Gasteiger partial charge in [0.05, 0.1) is 23.7 Å². The van der Waals surface area contributed by atoms with E-state index in [1.807, 2.05) is 59.2 Å². The summed E-state index contributed by atoms with van der Waals surface area (Å²) in [6.45, 7) is 1.97. The molecule has 0 saturated carbocycles. The molecule has 6 nitrogen and oxygen atoms in total. The predicted molar refractivity (Wildman–Crippen MR) is 97.8 cm³/mol. The molecule has 0 radical (unpaired) electrons. The minimum absolute atomic E-state index is 0.228. The Morgan fingerprint density at radius 1 is 1.12 bits per heavy atom. The maximum absolute atomic E-state index is 13.0. The second-order valence-electron chi connectivity index (χ2n) is 6.25. The van der Waals surface area contributed by atoms with Crippen molar-refractivity contribution >= 4 is 28.9 Å². The molecule has 2 atom stereocenters. The third-order valence-corrected chi connectivity index (χ3v) is 4.75. The summed E-state index contributed by atoms with van der Waals surface area (Å²) in [7, 11) is 1.65. The van der Waals surface area contributed by atoms with E-state index < -0.39 is 17.9 Å². The largest absolute Gasteiger partial charge is 0.465 e. The number of carbonyl (C=O) groups excluding carboxylic acids is 2. The first-order valence-electron chi connectivity index (χ1n) is 8.59. The Balaban J connectivity index is 2.00. The van der Waals surface area contributed by atoms with E-state index in [1.165, 1.54) is 4.90 Å². The molecular formula is C20H19N3O3. The number of ether oxygens (including phenoxy) is 1. The molecule has 0 saturated heterocycles. The van der Waals surface area contributed by atoms with Crippen molar-refractivity contribution in [2.75, 3.05) is 18.6 Å². The van der Waals surface area contributed by atoms with E-state index in [-0.39, 0.29) is 12.5 Å². The Hall–Kier alpha value is -3.15. The van der Waals surface area contributed by atoms with Crippen LogP contribution in [0.25, 0.3) is 11.0 Å². The van der Waals surface area contributed by atoms with E-state index in [4.69, 9.17) is 4.74 Å².